The summed E-state index contributed by atoms with van der Waals surface area (Å²) in [5.74, 6) is 0.940. The molecular weight excluding hydrogens is 288 g/mol. The fourth-order valence-electron chi connectivity index (χ4n) is 1.81. The molecule has 0 amide bonds. The molecule has 1 rings (SSSR count). The van der Waals surface area contributed by atoms with Gasteiger partial charge in [0.1, 0.15) is 5.75 Å². The highest BCUT2D eigenvalue weighted by molar-refractivity contribution is 7.89. The summed E-state index contributed by atoms with van der Waals surface area (Å²) in [5.41, 5.74) is 1.10. The third kappa shape index (κ3) is 6.03. The lowest BCUT2D eigenvalue weighted by atomic mass is 10.1. The van der Waals surface area contributed by atoms with E-state index in [1.54, 1.807) is 14.1 Å². The molecule has 1 aromatic rings. The molecule has 0 aliphatic heterocycles. The Labute approximate surface area is 128 Å². The first-order chi connectivity index (χ1) is 9.72. The zero-order valence-corrected chi connectivity index (χ0v) is 14.3. The van der Waals surface area contributed by atoms with Crippen LogP contribution in [0.15, 0.2) is 24.3 Å². The summed E-state index contributed by atoms with van der Waals surface area (Å²) in [6.07, 6.45) is 0.155. The van der Waals surface area contributed by atoms with Gasteiger partial charge in [-0.3, -0.25) is 0 Å². The molecule has 1 unspecified atom stereocenters. The minimum absolute atomic E-state index is 0.0930. The second-order valence-electron chi connectivity index (χ2n) is 5.51. The van der Waals surface area contributed by atoms with Crippen molar-refractivity contribution in [1.82, 2.24) is 9.62 Å². The van der Waals surface area contributed by atoms with Crippen LogP contribution < -0.4 is 10.1 Å². The summed E-state index contributed by atoms with van der Waals surface area (Å²) in [7, 11) is -0.0498. The molecule has 0 aliphatic carbocycles. The first-order valence-corrected chi connectivity index (χ1v) is 8.73. The first-order valence-electron chi connectivity index (χ1n) is 7.12. The van der Waals surface area contributed by atoms with Crippen molar-refractivity contribution < 1.29 is 13.2 Å². The zero-order chi connectivity index (χ0) is 16.0. The van der Waals surface area contributed by atoms with Crippen LogP contribution in [0.5, 0.6) is 5.75 Å². The Morgan fingerprint density at radius 3 is 2.19 bits per heavy atom. The van der Waals surface area contributed by atoms with Crippen LogP contribution in [-0.4, -0.2) is 45.2 Å². The molecule has 0 aromatic heterocycles. The summed E-state index contributed by atoms with van der Waals surface area (Å²) in [6, 6.07) is 7.95. The Morgan fingerprint density at radius 1 is 1.14 bits per heavy atom. The Hall–Kier alpha value is -1.11. The van der Waals surface area contributed by atoms with Gasteiger partial charge in [-0.2, -0.15) is 0 Å². The predicted octanol–water partition coefficient (Wildman–Crippen LogP) is 2.02. The smallest absolute Gasteiger partial charge is 0.214 e. The molecular formula is C15H26N2O3S. The molecule has 1 N–H and O–H groups in total. The van der Waals surface area contributed by atoms with Crippen molar-refractivity contribution in [2.45, 2.75) is 32.9 Å². The molecule has 0 bridgehead atoms. The van der Waals surface area contributed by atoms with Crippen LogP contribution in [0.4, 0.5) is 0 Å². The van der Waals surface area contributed by atoms with E-state index in [1.165, 1.54) is 4.31 Å². The van der Waals surface area contributed by atoms with Gasteiger partial charge in [-0.1, -0.05) is 12.1 Å². The molecule has 0 fully saturated rings. The fourth-order valence-corrected chi connectivity index (χ4v) is 2.55. The second kappa shape index (κ2) is 7.77. The van der Waals surface area contributed by atoms with Crippen molar-refractivity contribution in [3.05, 3.63) is 29.8 Å². The van der Waals surface area contributed by atoms with Gasteiger partial charge in [0.05, 0.1) is 11.9 Å². The third-order valence-corrected chi connectivity index (χ3v) is 4.95. The lowest BCUT2D eigenvalue weighted by Gasteiger charge is -2.17. The van der Waals surface area contributed by atoms with Crippen LogP contribution in [0.1, 0.15) is 32.4 Å². The minimum atomic E-state index is -3.15. The predicted molar refractivity (Wildman–Crippen MR) is 86.1 cm³/mol. The molecule has 0 saturated heterocycles. The van der Waals surface area contributed by atoms with E-state index >= 15 is 0 Å². The number of nitrogens with one attached hydrogen (secondary N) is 1. The Morgan fingerprint density at radius 2 is 1.71 bits per heavy atom. The monoisotopic (exact) mass is 314 g/mol. The summed E-state index contributed by atoms with van der Waals surface area (Å²) in [4.78, 5) is 0. The molecule has 0 heterocycles. The fraction of sp³-hybridized carbons (Fsp3) is 0.600. The molecule has 0 spiro atoms. The van der Waals surface area contributed by atoms with Crippen molar-refractivity contribution in [3.63, 3.8) is 0 Å². The maximum atomic E-state index is 11.7. The summed E-state index contributed by atoms with van der Waals surface area (Å²) >= 11 is 0. The average molecular weight is 314 g/mol. The maximum Gasteiger partial charge on any atom is 0.214 e. The summed E-state index contributed by atoms with van der Waals surface area (Å²) in [5, 5.41) is 3.22. The highest BCUT2D eigenvalue weighted by Gasteiger charge is 2.14. The molecule has 0 aliphatic rings. The molecule has 6 heteroatoms. The molecule has 21 heavy (non-hydrogen) atoms. The number of benzene rings is 1. The van der Waals surface area contributed by atoms with Gasteiger partial charge in [-0.05, 0) is 38.5 Å². The lowest BCUT2D eigenvalue weighted by molar-refractivity contribution is 0.242. The number of ether oxygens (including phenoxy) is 1. The molecule has 1 atom stereocenters. The van der Waals surface area contributed by atoms with Crippen molar-refractivity contribution >= 4 is 10.0 Å². The topological polar surface area (TPSA) is 58.6 Å². The van der Waals surface area contributed by atoms with Gasteiger partial charge in [-0.15, -0.1) is 0 Å². The molecule has 120 valence electrons. The number of hydrogen-bond acceptors (Lipinski definition) is 4. The van der Waals surface area contributed by atoms with E-state index in [9.17, 15) is 8.42 Å². The Kier molecular flexibility index (Phi) is 6.64. The van der Waals surface area contributed by atoms with E-state index in [-0.39, 0.29) is 17.9 Å². The third-order valence-electron chi connectivity index (χ3n) is 3.12. The Balaban J connectivity index is 2.51. The molecule has 0 radical (unpaired) electrons. The second-order valence-corrected chi connectivity index (χ2v) is 7.81. The summed E-state index contributed by atoms with van der Waals surface area (Å²) in [6.45, 7) is 6.42. The highest BCUT2D eigenvalue weighted by Crippen LogP contribution is 2.18. The summed E-state index contributed by atoms with van der Waals surface area (Å²) < 4.78 is 30.2. The van der Waals surface area contributed by atoms with Crippen LogP contribution in [0.25, 0.3) is 0 Å². The minimum Gasteiger partial charge on any atom is -0.491 e. The van der Waals surface area contributed by atoms with Crippen LogP contribution >= 0.6 is 0 Å². The molecule has 0 saturated carbocycles. The standard InChI is InChI=1S/C15H26N2O3S/c1-12(2)20-15-8-6-14(7-9-15)13(3)16-10-11-21(18,19)17(4)5/h6-9,12-13,16H,10-11H2,1-5H3. The number of rotatable bonds is 8. The van der Waals surface area contributed by atoms with E-state index in [1.807, 2.05) is 45.0 Å². The largest absolute Gasteiger partial charge is 0.491 e. The van der Waals surface area contributed by atoms with Gasteiger partial charge in [0.2, 0.25) is 10.0 Å². The normalized spacial score (nSPS) is 13.7. The van der Waals surface area contributed by atoms with Gasteiger partial charge in [0, 0.05) is 26.7 Å². The van der Waals surface area contributed by atoms with E-state index in [4.69, 9.17) is 4.74 Å². The van der Waals surface area contributed by atoms with Crippen LogP contribution in [0, 0.1) is 0 Å². The van der Waals surface area contributed by atoms with Gasteiger partial charge < -0.3 is 10.1 Å². The van der Waals surface area contributed by atoms with Crippen molar-refractivity contribution in [2.75, 3.05) is 26.4 Å². The van der Waals surface area contributed by atoms with Crippen molar-refractivity contribution in [1.29, 1.82) is 0 Å². The van der Waals surface area contributed by atoms with E-state index in [2.05, 4.69) is 5.32 Å². The van der Waals surface area contributed by atoms with Crippen molar-refractivity contribution in [3.8, 4) is 5.75 Å². The Bertz CT molecular complexity index is 524. The van der Waals surface area contributed by atoms with E-state index in [0.29, 0.717) is 6.54 Å². The lowest BCUT2D eigenvalue weighted by Crippen LogP contribution is -2.32. The molecule has 5 nitrogen and oxygen atoms in total. The number of sulfonamides is 1. The number of nitrogens with zero attached hydrogens (tertiary/aromatic N) is 1. The van der Waals surface area contributed by atoms with Crippen LogP contribution in [0.2, 0.25) is 0 Å². The average Bonchev–Trinajstić information content (AvgIpc) is 2.38. The maximum absolute atomic E-state index is 11.7. The molecule has 1 aromatic carbocycles. The quantitative estimate of drug-likeness (QED) is 0.797. The van der Waals surface area contributed by atoms with Crippen molar-refractivity contribution in [2.24, 2.45) is 0 Å². The van der Waals surface area contributed by atoms with Crippen LogP contribution in [0.3, 0.4) is 0 Å². The van der Waals surface area contributed by atoms with Crippen LogP contribution in [-0.2, 0) is 10.0 Å². The number of hydrogen-bond donors (Lipinski definition) is 1. The SMILES string of the molecule is CC(C)Oc1ccc(C(C)NCCS(=O)(=O)N(C)C)cc1. The van der Waals surface area contributed by atoms with Gasteiger partial charge >= 0.3 is 0 Å². The zero-order valence-electron chi connectivity index (χ0n) is 13.5. The van der Waals surface area contributed by atoms with E-state index in [0.717, 1.165) is 11.3 Å². The first kappa shape index (κ1) is 17.9. The van der Waals surface area contributed by atoms with Gasteiger partial charge in [0.15, 0.2) is 0 Å². The van der Waals surface area contributed by atoms with Gasteiger partial charge in [0.25, 0.3) is 0 Å². The van der Waals surface area contributed by atoms with Gasteiger partial charge in [-0.25, -0.2) is 12.7 Å². The highest BCUT2D eigenvalue weighted by atomic mass is 32.2. The van der Waals surface area contributed by atoms with E-state index < -0.39 is 10.0 Å².